The highest BCUT2D eigenvalue weighted by Crippen LogP contribution is 2.27. The van der Waals surface area contributed by atoms with Crippen LogP contribution in [-0.4, -0.2) is 10.1 Å². The molecule has 3 heteroatoms. The number of aliphatic hydroxyl groups is 1. The van der Waals surface area contributed by atoms with Gasteiger partial charge in [-0.25, -0.2) is 0 Å². The van der Waals surface area contributed by atoms with Gasteiger partial charge >= 0.3 is 0 Å². The maximum atomic E-state index is 10.3. The van der Waals surface area contributed by atoms with Crippen LogP contribution in [0.2, 0.25) is 0 Å². The van der Waals surface area contributed by atoms with Crippen LogP contribution in [0.3, 0.4) is 0 Å². The maximum absolute atomic E-state index is 10.3. The number of halogens is 1. The maximum Gasteiger partial charge on any atom is 0.122 e. The summed E-state index contributed by atoms with van der Waals surface area (Å²) in [5, 5.41) is 10.3. The Balaban J connectivity index is 2.29. The van der Waals surface area contributed by atoms with Gasteiger partial charge in [0.05, 0.1) is 5.69 Å². The molecular formula is C15H16BrNO. The van der Waals surface area contributed by atoms with Gasteiger partial charge in [0.2, 0.25) is 0 Å². The number of rotatable bonds is 3. The molecule has 1 aromatic heterocycles. The minimum atomic E-state index is -0.693. The van der Waals surface area contributed by atoms with E-state index in [1.54, 1.807) is 6.20 Å². The number of hydrogen-bond donors (Lipinski definition) is 1. The molecule has 2 nitrogen and oxygen atoms in total. The third-order valence-corrected chi connectivity index (χ3v) is 3.64. The smallest absolute Gasteiger partial charge is 0.122 e. The molecule has 2 rings (SSSR count). The second-order valence-corrected chi connectivity index (χ2v) is 5.45. The fraction of sp³-hybridized carbons (Fsp3) is 0.267. The molecule has 0 aliphatic heterocycles. The molecule has 0 saturated carbocycles. The number of nitrogens with zero attached hydrogens (tertiary/aromatic N) is 1. The SMILES string of the molecule is CC(C)c1ccc(C(O)c2ncccc2Br)cc1. The Morgan fingerprint density at radius 1 is 1.06 bits per heavy atom. The molecule has 0 spiro atoms. The van der Waals surface area contributed by atoms with Gasteiger partial charge in [0.25, 0.3) is 0 Å². The van der Waals surface area contributed by atoms with E-state index in [9.17, 15) is 5.11 Å². The van der Waals surface area contributed by atoms with Crippen molar-refractivity contribution in [2.45, 2.75) is 25.9 Å². The Morgan fingerprint density at radius 2 is 1.67 bits per heavy atom. The van der Waals surface area contributed by atoms with Crippen LogP contribution in [0.1, 0.15) is 42.7 Å². The number of benzene rings is 1. The lowest BCUT2D eigenvalue weighted by Crippen LogP contribution is -2.03. The summed E-state index contributed by atoms with van der Waals surface area (Å²) in [5.74, 6) is 0.498. The zero-order chi connectivity index (χ0) is 13.1. The van der Waals surface area contributed by atoms with Crippen molar-refractivity contribution in [3.63, 3.8) is 0 Å². The van der Waals surface area contributed by atoms with Crippen molar-refractivity contribution >= 4 is 15.9 Å². The number of pyridine rings is 1. The predicted octanol–water partition coefficient (Wildman–Crippen LogP) is 4.05. The van der Waals surface area contributed by atoms with Gasteiger partial charge < -0.3 is 5.11 Å². The summed E-state index contributed by atoms with van der Waals surface area (Å²) >= 11 is 3.41. The van der Waals surface area contributed by atoms with E-state index in [0.717, 1.165) is 10.0 Å². The average Bonchev–Trinajstić information content (AvgIpc) is 2.38. The molecule has 0 saturated heterocycles. The zero-order valence-corrected chi connectivity index (χ0v) is 12.1. The Morgan fingerprint density at radius 3 is 2.22 bits per heavy atom. The third-order valence-electron chi connectivity index (χ3n) is 2.96. The summed E-state index contributed by atoms with van der Waals surface area (Å²) in [4.78, 5) is 4.22. The Kier molecular flexibility index (Phi) is 4.15. The van der Waals surface area contributed by atoms with E-state index in [2.05, 4.69) is 46.9 Å². The molecule has 94 valence electrons. The van der Waals surface area contributed by atoms with Crippen LogP contribution in [-0.2, 0) is 0 Å². The topological polar surface area (TPSA) is 33.1 Å². The highest BCUT2D eigenvalue weighted by Gasteiger charge is 2.14. The summed E-state index contributed by atoms with van der Waals surface area (Å²) in [6, 6.07) is 11.7. The molecule has 0 fully saturated rings. The van der Waals surface area contributed by atoms with Crippen molar-refractivity contribution in [3.05, 3.63) is 63.9 Å². The predicted molar refractivity (Wildman–Crippen MR) is 76.5 cm³/mol. The van der Waals surface area contributed by atoms with E-state index in [0.29, 0.717) is 11.6 Å². The molecule has 0 aliphatic rings. The largest absolute Gasteiger partial charge is 0.382 e. The highest BCUT2D eigenvalue weighted by molar-refractivity contribution is 9.10. The first-order valence-electron chi connectivity index (χ1n) is 5.98. The molecule has 0 aliphatic carbocycles. The van der Waals surface area contributed by atoms with E-state index in [1.807, 2.05) is 24.3 Å². The van der Waals surface area contributed by atoms with Gasteiger partial charge in [-0.2, -0.15) is 0 Å². The van der Waals surface area contributed by atoms with E-state index in [4.69, 9.17) is 0 Å². The van der Waals surface area contributed by atoms with Crippen LogP contribution in [0.15, 0.2) is 47.1 Å². The van der Waals surface area contributed by atoms with Crippen LogP contribution in [0.4, 0.5) is 0 Å². The molecule has 0 radical (unpaired) electrons. The number of aliphatic hydroxyl groups excluding tert-OH is 1. The van der Waals surface area contributed by atoms with Gasteiger partial charge in [-0.15, -0.1) is 0 Å². The highest BCUT2D eigenvalue weighted by atomic mass is 79.9. The average molecular weight is 306 g/mol. The first kappa shape index (κ1) is 13.2. The fourth-order valence-corrected chi connectivity index (χ4v) is 2.29. The van der Waals surface area contributed by atoms with Gasteiger partial charge in [-0.05, 0) is 45.1 Å². The molecule has 18 heavy (non-hydrogen) atoms. The van der Waals surface area contributed by atoms with Crippen molar-refractivity contribution in [3.8, 4) is 0 Å². The first-order valence-corrected chi connectivity index (χ1v) is 6.77. The second-order valence-electron chi connectivity index (χ2n) is 4.59. The van der Waals surface area contributed by atoms with Gasteiger partial charge in [-0.3, -0.25) is 4.98 Å². The normalized spacial score (nSPS) is 12.7. The minimum absolute atomic E-state index is 0.498. The molecule has 2 aromatic rings. The molecular weight excluding hydrogens is 290 g/mol. The van der Waals surface area contributed by atoms with E-state index < -0.39 is 6.10 Å². The number of hydrogen-bond acceptors (Lipinski definition) is 2. The zero-order valence-electron chi connectivity index (χ0n) is 10.5. The number of aromatic nitrogens is 1. The van der Waals surface area contributed by atoms with Crippen LogP contribution < -0.4 is 0 Å². The summed E-state index contributed by atoms with van der Waals surface area (Å²) in [7, 11) is 0. The van der Waals surface area contributed by atoms with Gasteiger partial charge in [0.1, 0.15) is 6.10 Å². The summed E-state index contributed by atoms with van der Waals surface area (Å²) in [5.41, 5.74) is 2.78. The first-order chi connectivity index (χ1) is 8.59. The van der Waals surface area contributed by atoms with Gasteiger partial charge in [0, 0.05) is 10.7 Å². The molecule has 1 heterocycles. The van der Waals surface area contributed by atoms with Gasteiger partial charge in [0.15, 0.2) is 0 Å². The molecule has 0 amide bonds. The lowest BCUT2D eigenvalue weighted by Gasteiger charge is -2.13. The Labute approximate surface area is 116 Å². The van der Waals surface area contributed by atoms with Crippen molar-refractivity contribution in [2.75, 3.05) is 0 Å². The van der Waals surface area contributed by atoms with Crippen LogP contribution in [0.5, 0.6) is 0 Å². The molecule has 1 N–H and O–H groups in total. The summed E-state index contributed by atoms with van der Waals surface area (Å²) in [6.07, 6.45) is 0.994. The molecule has 0 bridgehead atoms. The fourth-order valence-electron chi connectivity index (χ4n) is 1.82. The van der Waals surface area contributed by atoms with Crippen LogP contribution in [0, 0.1) is 0 Å². The van der Waals surface area contributed by atoms with Crippen molar-refractivity contribution in [2.24, 2.45) is 0 Å². The van der Waals surface area contributed by atoms with E-state index in [-0.39, 0.29) is 0 Å². The minimum Gasteiger partial charge on any atom is -0.382 e. The van der Waals surface area contributed by atoms with E-state index in [1.165, 1.54) is 5.56 Å². The van der Waals surface area contributed by atoms with Crippen LogP contribution in [0.25, 0.3) is 0 Å². The molecule has 1 aromatic carbocycles. The lowest BCUT2D eigenvalue weighted by molar-refractivity contribution is 0.214. The Bertz CT molecular complexity index is 522. The molecule has 1 unspecified atom stereocenters. The van der Waals surface area contributed by atoms with Crippen molar-refractivity contribution in [1.82, 2.24) is 4.98 Å². The quantitative estimate of drug-likeness (QED) is 0.928. The van der Waals surface area contributed by atoms with E-state index >= 15 is 0 Å². The standard InChI is InChI=1S/C15H16BrNO/c1-10(2)11-5-7-12(8-6-11)15(18)14-13(16)4-3-9-17-14/h3-10,15,18H,1-2H3. The second kappa shape index (κ2) is 5.63. The molecule has 1 atom stereocenters. The van der Waals surface area contributed by atoms with Crippen molar-refractivity contribution < 1.29 is 5.11 Å². The van der Waals surface area contributed by atoms with Crippen molar-refractivity contribution in [1.29, 1.82) is 0 Å². The van der Waals surface area contributed by atoms with Crippen LogP contribution >= 0.6 is 15.9 Å². The summed E-state index contributed by atoms with van der Waals surface area (Å²) < 4.78 is 0.824. The summed E-state index contributed by atoms with van der Waals surface area (Å²) in [6.45, 7) is 4.31. The third kappa shape index (κ3) is 2.79. The Hall–Kier alpha value is -1.19. The monoisotopic (exact) mass is 305 g/mol. The lowest BCUT2D eigenvalue weighted by atomic mass is 9.99. The van der Waals surface area contributed by atoms with Gasteiger partial charge in [-0.1, -0.05) is 38.1 Å².